The van der Waals surface area contributed by atoms with Gasteiger partial charge in [0.15, 0.2) is 12.4 Å². The van der Waals surface area contributed by atoms with Crippen LogP contribution >= 0.6 is 23.2 Å². The van der Waals surface area contributed by atoms with Gasteiger partial charge in [-0.25, -0.2) is 14.5 Å². The molecule has 3 aromatic carbocycles. The molecule has 1 heterocycles. The van der Waals surface area contributed by atoms with Crippen LogP contribution in [0.2, 0.25) is 10.0 Å². The lowest BCUT2D eigenvalue weighted by atomic mass is 9.63. The number of anilines is 1. The fourth-order valence-electron chi connectivity index (χ4n) is 6.83. The van der Waals surface area contributed by atoms with Crippen LogP contribution in [-0.2, 0) is 14.3 Å². The maximum atomic E-state index is 13.6. The van der Waals surface area contributed by atoms with Crippen molar-refractivity contribution in [3.05, 3.63) is 106 Å². The lowest BCUT2D eigenvalue weighted by Crippen LogP contribution is -2.40. The van der Waals surface area contributed by atoms with E-state index in [0.717, 1.165) is 11.3 Å². The molecular formula is C33H23Cl2NO7. The third-order valence-electron chi connectivity index (χ3n) is 8.90. The normalized spacial score (nSPS) is 26.1. The van der Waals surface area contributed by atoms with E-state index < -0.39 is 36.2 Å². The molecule has 0 aromatic heterocycles. The van der Waals surface area contributed by atoms with Crippen LogP contribution in [0.3, 0.4) is 0 Å². The summed E-state index contributed by atoms with van der Waals surface area (Å²) in [4.78, 5) is 66.6. The van der Waals surface area contributed by atoms with Gasteiger partial charge in [0, 0.05) is 5.56 Å². The number of carbonyl (C=O) groups excluding carboxylic acids is 5. The summed E-state index contributed by atoms with van der Waals surface area (Å²) in [5, 5.41) is 0.521. The minimum absolute atomic E-state index is 0.0330. The summed E-state index contributed by atoms with van der Waals surface area (Å²) in [6.07, 6.45) is 5.23. The molecule has 0 radical (unpaired) electrons. The molecule has 1 aliphatic heterocycles. The lowest BCUT2D eigenvalue weighted by molar-refractivity contribution is -0.124. The highest BCUT2D eigenvalue weighted by atomic mass is 35.5. The van der Waals surface area contributed by atoms with Gasteiger partial charge in [0.2, 0.25) is 11.8 Å². The molecule has 4 aliphatic carbocycles. The summed E-state index contributed by atoms with van der Waals surface area (Å²) in [5.74, 6) is -2.10. The minimum Gasteiger partial charge on any atom is -0.454 e. The monoisotopic (exact) mass is 615 g/mol. The number of allylic oxidation sites excluding steroid dienone is 2. The molecule has 8 rings (SSSR count). The van der Waals surface area contributed by atoms with E-state index in [-0.39, 0.29) is 56.8 Å². The second-order valence-corrected chi connectivity index (χ2v) is 12.0. The summed E-state index contributed by atoms with van der Waals surface area (Å²) < 4.78 is 10.7. The van der Waals surface area contributed by atoms with Crippen LogP contribution < -0.4 is 9.64 Å². The molecular weight excluding hydrogens is 593 g/mol. The Morgan fingerprint density at radius 2 is 1.40 bits per heavy atom. The molecule has 3 aromatic rings. The number of benzene rings is 3. The molecule has 2 amide bonds. The van der Waals surface area contributed by atoms with E-state index in [0.29, 0.717) is 16.9 Å². The Bertz CT molecular complexity index is 1710. The Balaban J connectivity index is 1.01. The van der Waals surface area contributed by atoms with E-state index in [9.17, 15) is 24.0 Å². The fraction of sp³-hybridized carbons (Fsp3) is 0.242. The number of rotatable bonds is 7. The third kappa shape index (κ3) is 4.65. The van der Waals surface area contributed by atoms with Gasteiger partial charge in [0.1, 0.15) is 5.75 Å². The van der Waals surface area contributed by atoms with Crippen LogP contribution in [0, 0.1) is 35.5 Å². The molecule has 0 N–H and O–H groups in total. The minimum atomic E-state index is -0.824. The van der Waals surface area contributed by atoms with Crippen molar-refractivity contribution in [2.75, 3.05) is 11.5 Å². The van der Waals surface area contributed by atoms with Crippen molar-refractivity contribution in [1.29, 1.82) is 0 Å². The Morgan fingerprint density at radius 1 is 0.767 bits per heavy atom. The van der Waals surface area contributed by atoms with Gasteiger partial charge in [0.25, 0.3) is 0 Å². The number of ketones is 1. The van der Waals surface area contributed by atoms with E-state index in [1.807, 2.05) is 0 Å². The standard InChI is InChI=1S/C33H23Cl2NO7/c34-24-12-7-17(13-25(24)35)32(40)43-18-8-5-16(6-9-18)27(37)15-42-33(41)21-3-1-2-4-26(21)36-30(38)28-19-10-11-20(23-14-22(19)23)29(28)31(36)39/h1-13,19-20,22-23,28-29H,14-15H2. The Morgan fingerprint density at radius 3 is 2.05 bits per heavy atom. The number of hydrogen-bond acceptors (Lipinski definition) is 7. The molecule has 0 spiro atoms. The number of hydrogen-bond donors (Lipinski definition) is 0. The summed E-state index contributed by atoms with van der Waals surface area (Å²) in [7, 11) is 0. The number of imide groups is 1. The van der Waals surface area contributed by atoms with Crippen molar-refractivity contribution in [2.24, 2.45) is 35.5 Å². The first-order valence-corrected chi connectivity index (χ1v) is 14.6. The van der Waals surface area contributed by atoms with Gasteiger partial charge in [-0.2, -0.15) is 0 Å². The Hall–Kier alpha value is -4.27. The zero-order valence-corrected chi connectivity index (χ0v) is 24.0. The van der Waals surface area contributed by atoms with Crippen molar-refractivity contribution in [2.45, 2.75) is 6.42 Å². The first-order chi connectivity index (χ1) is 20.7. The molecule has 43 heavy (non-hydrogen) atoms. The maximum absolute atomic E-state index is 13.6. The predicted molar refractivity (Wildman–Crippen MR) is 156 cm³/mol. The van der Waals surface area contributed by atoms with Gasteiger partial charge in [-0.05, 0) is 84.7 Å². The van der Waals surface area contributed by atoms with Gasteiger partial charge in [-0.15, -0.1) is 0 Å². The fourth-order valence-corrected chi connectivity index (χ4v) is 7.12. The van der Waals surface area contributed by atoms with Gasteiger partial charge < -0.3 is 9.47 Å². The van der Waals surface area contributed by atoms with Gasteiger partial charge in [-0.3, -0.25) is 14.4 Å². The summed E-state index contributed by atoms with van der Waals surface area (Å²) >= 11 is 11.8. The molecule has 216 valence electrons. The highest BCUT2D eigenvalue weighted by Gasteiger charge is 2.67. The van der Waals surface area contributed by atoms with Crippen LogP contribution in [0.4, 0.5) is 5.69 Å². The molecule has 3 fully saturated rings. The van der Waals surface area contributed by atoms with Crippen molar-refractivity contribution in [1.82, 2.24) is 0 Å². The maximum Gasteiger partial charge on any atom is 0.343 e. The molecule has 2 bridgehead atoms. The lowest BCUT2D eigenvalue weighted by Gasteiger charge is -2.37. The number of para-hydroxylation sites is 1. The van der Waals surface area contributed by atoms with E-state index in [1.54, 1.807) is 18.2 Å². The second-order valence-electron chi connectivity index (χ2n) is 11.2. The van der Waals surface area contributed by atoms with E-state index in [4.69, 9.17) is 32.7 Å². The van der Waals surface area contributed by atoms with Crippen molar-refractivity contribution in [3.8, 4) is 5.75 Å². The average molecular weight is 616 g/mol. The highest BCUT2D eigenvalue weighted by Crippen LogP contribution is 2.65. The zero-order chi connectivity index (χ0) is 30.0. The van der Waals surface area contributed by atoms with Crippen LogP contribution in [0.1, 0.15) is 37.5 Å². The quantitative estimate of drug-likeness (QED) is 0.108. The molecule has 1 saturated heterocycles. The molecule has 8 nitrogen and oxygen atoms in total. The van der Waals surface area contributed by atoms with E-state index >= 15 is 0 Å². The zero-order valence-electron chi connectivity index (χ0n) is 22.4. The van der Waals surface area contributed by atoms with Crippen LogP contribution in [0.5, 0.6) is 5.75 Å². The van der Waals surface area contributed by atoms with Gasteiger partial charge >= 0.3 is 11.9 Å². The smallest absolute Gasteiger partial charge is 0.343 e. The first-order valence-electron chi connectivity index (χ1n) is 13.9. The van der Waals surface area contributed by atoms with Crippen molar-refractivity contribution >= 4 is 58.4 Å². The van der Waals surface area contributed by atoms with Gasteiger partial charge in [0.05, 0.1) is 38.7 Å². The van der Waals surface area contributed by atoms with Crippen molar-refractivity contribution < 1.29 is 33.4 Å². The number of nitrogens with zero attached hydrogens (tertiary/aromatic N) is 1. The number of esters is 2. The summed E-state index contributed by atoms with van der Waals surface area (Å²) in [6.45, 7) is -0.569. The number of halogens is 2. The number of amides is 2. The number of carbonyl (C=O) groups is 5. The Labute approximate surface area is 256 Å². The topological polar surface area (TPSA) is 107 Å². The molecule has 2 saturated carbocycles. The van der Waals surface area contributed by atoms with Gasteiger partial charge in [-0.1, -0.05) is 47.5 Å². The molecule has 6 unspecified atom stereocenters. The van der Waals surface area contributed by atoms with Crippen LogP contribution in [-0.4, -0.2) is 36.1 Å². The molecule has 5 aliphatic rings. The molecule has 6 atom stereocenters. The SMILES string of the molecule is O=C(COC(=O)c1ccccc1N1C(=O)C2C3C=CC(C4CC34)C2C1=O)c1ccc(OC(=O)c2ccc(Cl)c(Cl)c2)cc1. The van der Waals surface area contributed by atoms with E-state index in [1.165, 1.54) is 48.5 Å². The molecule has 10 heteroatoms. The first kappa shape index (κ1) is 27.6. The summed E-state index contributed by atoms with van der Waals surface area (Å²) in [6, 6.07) is 16.4. The van der Waals surface area contributed by atoms with Crippen LogP contribution in [0.25, 0.3) is 0 Å². The third-order valence-corrected chi connectivity index (χ3v) is 9.64. The van der Waals surface area contributed by atoms with Crippen molar-refractivity contribution in [3.63, 3.8) is 0 Å². The number of ether oxygens (including phenoxy) is 2. The Kier molecular flexibility index (Phi) is 6.71. The predicted octanol–water partition coefficient (Wildman–Crippen LogP) is 5.81. The summed E-state index contributed by atoms with van der Waals surface area (Å²) in [5.41, 5.74) is 0.639. The largest absolute Gasteiger partial charge is 0.454 e. The highest BCUT2D eigenvalue weighted by molar-refractivity contribution is 6.42. The number of Topliss-reactive ketones (excluding diaryl/α,β-unsaturated/α-hetero) is 1. The van der Waals surface area contributed by atoms with E-state index in [2.05, 4.69) is 12.2 Å². The second kappa shape index (κ2) is 10.5. The van der Waals surface area contributed by atoms with Crippen LogP contribution in [0.15, 0.2) is 78.9 Å². The average Bonchev–Trinajstić information content (AvgIpc) is 3.80.